The predicted octanol–water partition coefficient (Wildman–Crippen LogP) is 4.06. The largest absolute Gasteiger partial charge is 0.457 e. The van der Waals surface area contributed by atoms with Crippen molar-refractivity contribution in [3.8, 4) is 6.01 Å². The van der Waals surface area contributed by atoms with Crippen molar-refractivity contribution in [3.05, 3.63) is 53.7 Å². The minimum Gasteiger partial charge on any atom is -0.457 e. The molecule has 2 N–H and O–H groups in total. The van der Waals surface area contributed by atoms with Gasteiger partial charge in [0.2, 0.25) is 0 Å². The number of nitrogens with one attached hydrogen (secondary N) is 2. The number of anilines is 2. The lowest BCUT2D eigenvalue weighted by Crippen LogP contribution is -2.12. The number of nitrogens with zero attached hydrogens (tertiary/aromatic N) is 4. The quantitative estimate of drug-likeness (QED) is 0.555. The molecule has 11 heteroatoms. The molecule has 7 nitrogen and oxygen atoms in total. The molecule has 0 spiro atoms. The highest BCUT2D eigenvalue weighted by Gasteiger charge is 2.34. The molecule has 0 aliphatic rings. The van der Waals surface area contributed by atoms with Crippen molar-refractivity contribution in [3.63, 3.8) is 0 Å². The van der Waals surface area contributed by atoms with E-state index < -0.39 is 17.6 Å². The molecule has 1 aromatic carbocycles. The van der Waals surface area contributed by atoms with E-state index in [-0.39, 0.29) is 24.0 Å². The summed E-state index contributed by atoms with van der Waals surface area (Å²) in [5, 5.41) is 5.76. The maximum Gasteiger partial charge on any atom is 0.419 e. The Labute approximate surface area is 152 Å². The Bertz CT molecular complexity index is 838. The SMILES string of the molecule is CN(C)c1ccnc(OC/C(=C/Nc2ccc(F)c(C(F)(F)F)c2)N=N)n1. The highest BCUT2D eigenvalue weighted by Crippen LogP contribution is 2.33. The molecule has 27 heavy (non-hydrogen) atoms. The monoisotopic (exact) mass is 384 g/mol. The molecular formula is C16H16F4N6O. The third kappa shape index (κ3) is 5.62. The molecule has 144 valence electrons. The molecule has 0 amide bonds. The summed E-state index contributed by atoms with van der Waals surface area (Å²) in [6.45, 7) is -0.194. The van der Waals surface area contributed by atoms with Crippen molar-refractivity contribution in [2.24, 2.45) is 5.11 Å². The van der Waals surface area contributed by atoms with Gasteiger partial charge in [0, 0.05) is 32.2 Å². The predicted molar refractivity (Wildman–Crippen MR) is 90.1 cm³/mol. The molecule has 0 unspecified atom stereocenters. The van der Waals surface area contributed by atoms with E-state index in [2.05, 4.69) is 20.4 Å². The van der Waals surface area contributed by atoms with Gasteiger partial charge in [-0.25, -0.2) is 14.9 Å². The minimum atomic E-state index is -4.81. The maximum atomic E-state index is 13.3. The molecule has 0 atom stereocenters. The fraction of sp³-hybridized carbons (Fsp3) is 0.250. The molecule has 0 saturated heterocycles. The van der Waals surface area contributed by atoms with Gasteiger partial charge in [0.25, 0.3) is 0 Å². The summed E-state index contributed by atoms with van der Waals surface area (Å²) in [5.74, 6) is -0.763. The van der Waals surface area contributed by atoms with Crippen LogP contribution in [0.3, 0.4) is 0 Å². The molecule has 0 saturated carbocycles. The molecule has 1 heterocycles. The molecule has 1 aromatic heterocycles. The number of ether oxygens (including phenoxy) is 1. The van der Waals surface area contributed by atoms with Gasteiger partial charge in [0.15, 0.2) is 0 Å². The Hall–Kier alpha value is -3.24. The normalized spacial score (nSPS) is 11.9. The van der Waals surface area contributed by atoms with E-state index in [0.29, 0.717) is 18.0 Å². The third-order valence-corrected chi connectivity index (χ3v) is 3.25. The zero-order chi connectivity index (χ0) is 20.0. The number of hydrogen-bond donors (Lipinski definition) is 2. The standard InChI is InChI=1S/C16H16F4N6O/c1-26(2)14-5-6-22-15(24-14)27-9-11(25-21)8-23-10-3-4-13(17)12(7-10)16(18,19)20/h3-8,21,23H,9H2,1-2H3/b11-8-,25-21?. The fourth-order valence-electron chi connectivity index (χ4n) is 1.89. The summed E-state index contributed by atoms with van der Waals surface area (Å²) in [7, 11) is 3.58. The van der Waals surface area contributed by atoms with Gasteiger partial charge in [-0.15, -0.1) is 0 Å². The molecule has 0 aliphatic heterocycles. The van der Waals surface area contributed by atoms with Crippen LogP contribution in [0.5, 0.6) is 6.01 Å². The second kappa shape index (κ2) is 8.43. The van der Waals surface area contributed by atoms with Gasteiger partial charge >= 0.3 is 12.2 Å². The minimum absolute atomic E-state index is 0.0178. The van der Waals surface area contributed by atoms with E-state index in [4.69, 9.17) is 10.3 Å². The van der Waals surface area contributed by atoms with Gasteiger partial charge < -0.3 is 15.0 Å². The molecule has 0 radical (unpaired) electrons. The highest BCUT2D eigenvalue weighted by molar-refractivity contribution is 5.49. The molecule has 0 bridgehead atoms. The first-order chi connectivity index (χ1) is 12.7. The Morgan fingerprint density at radius 2 is 2.07 bits per heavy atom. The zero-order valence-corrected chi connectivity index (χ0v) is 14.4. The molecule has 0 aliphatic carbocycles. The maximum absolute atomic E-state index is 13.3. The summed E-state index contributed by atoms with van der Waals surface area (Å²) in [6.07, 6.45) is -2.14. The van der Waals surface area contributed by atoms with Crippen molar-refractivity contribution in [1.82, 2.24) is 9.97 Å². The first kappa shape index (κ1) is 20.1. The zero-order valence-electron chi connectivity index (χ0n) is 14.4. The van der Waals surface area contributed by atoms with E-state index in [1.54, 1.807) is 25.1 Å². The van der Waals surface area contributed by atoms with E-state index >= 15 is 0 Å². The summed E-state index contributed by atoms with van der Waals surface area (Å²) in [6, 6.07) is 4.18. The Balaban J connectivity index is 2.07. The number of aromatic nitrogens is 2. The van der Waals surface area contributed by atoms with Crippen LogP contribution in [-0.4, -0.2) is 30.7 Å². The van der Waals surface area contributed by atoms with Gasteiger partial charge in [-0.3, -0.25) is 0 Å². The number of hydrogen-bond acceptors (Lipinski definition) is 7. The summed E-state index contributed by atoms with van der Waals surface area (Å²) in [5.41, 5.74) is 5.78. The number of alkyl halides is 3. The average molecular weight is 384 g/mol. The second-order valence-corrected chi connectivity index (χ2v) is 5.46. The Morgan fingerprint density at radius 3 is 2.70 bits per heavy atom. The van der Waals surface area contributed by atoms with Gasteiger partial charge in [-0.2, -0.15) is 23.3 Å². The van der Waals surface area contributed by atoms with Crippen LogP contribution in [0.2, 0.25) is 0 Å². The van der Waals surface area contributed by atoms with E-state index in [1.165, 1.54) is 12.4 Å². The Morgan fingerprint density at radius 1 is 1.33 bits per heavy atom. The van der Waals surface area contributed by atoms with E-state index in [1.807, 2.05) is 0 Å². The lowest BCUT2D eigenvalue weighted by molar-refractivity contribution is -0.139. The van der Waals surface area contributed by atoms with Crippen molar-refractivity contribution < 1.29 is 22.3 Å². The third-order valence-electron chi connectivity index (χ3n) is 3.25. The first-order valence-electron chi connectivity index (χ1n) is 7.53. The van der Waals surface area contributed by atoms with Gasteiger partial charge in [0.05, 0.1) is 5.56 Å². The van der Waals surface area contributed by atoms with E-state index in [9.17, 15) is 17.6 Å². The summed E-state index contributed by atoms with van der Waals surface area (Å²) >= 11 is 0. The fourth-order valence-corrected chi connectivity index (χ4v) is 1.89. The van der Waals surface area contributed by atoms with Crippen LogP contribution in [0, 0.1) is 11.3 Å². The number of rotatable bonds is 7. The second-order valence-electron chi connectivity index (χ2n) is 5.46. The smallest absolute Gasteiger partial charge is 0.419 e. The highest BCUT2D eigenvalue weighted by atomic mass is 19.4. The van der Waals surface area contributed by atoms with Crippen molar-refractivity contribution >= 4 is 11.5 Å². The van der Waals surface area contributed by atoms with Gasteiger partial charge in [0.1, 0.15) is 23.9 Å². The molecule has 2 aromatic rings. The number of benzene rings is 1. The number of halogens is 4. The van der Waals surface area contributed by atoms with Crippen LogP contribution < -0.4 is 15.0 Å². The van der Waals surface area contributed by atoms with Crippen LogP contribution in [0.15, 0.2) is 47.5 Å². The van der Waals surface area contributed by atoms with Crippen molar-refractivity contribution in [2.45, 2.75) is 6.18 Å². The lowest BCUT2D eigenvalue weighted by Gasteiger charge is -2.12. The van der Waals surface area contributed by atoms with E-state index in [0.717, 1.165) is 6.07 Å². The molecular weight excluding hydrogens is 368 g/mol. The van der Waals surface area contributed by atoms with Crippen LogP contribution in [0.1, 0.15) is 5.56 Å². The van der Waals surface area contributed by atoms with Crippen LogP contribution >= 0.6 is 0 Å². The van der Waals surface area contributed by atoms with Crippen LogP contribution in [0.4, 0.5) is 29.1 Å². The topological polar surface area (TPSA) is 86.5 Å². The van der Waals surface area contributed by atoms with Crippen molar-refractivity contribution in [2.75, 3.05) is 30.9 Å². The summed E-state index contributed by atoms with van der Waals surface area (Å²) in [4.78, 5) is 9.78. The molecule has 0 fully saturated rings. The molecule has 2 rings (SSSR count). The van der Waals surface area contributed by atoms with Crippen molar-refractivity contribution in [1.29, 1.82) is 5.53 Å². The first-order valence-corrected chi connectivity index (χ1v) is 7.53. The van der Waals surface area contributed by atoms with Gasteiger partial charge in [-0.05, 0) is 24.3 Å². The Kier molecular flexibility index (Phi) is 6.27. The summed E-state index contributed by atoms with van der Waals surface area (Å²) < 4.78 is 56.8. The average Bonchev–Trinajstić information content (AvgIpc) is 2.62. The van der Waals surface area contributed by atoms with Crippen LogP contribution in [0.25, 0.3) is 0 Å². The lowest BCUT2D eigenvalue weighted by atomic mass is 10.2. The van der Waals surface area contributed by atoms with Gasteiger partial charge in [-0.1, -0.05) is 0 Å². The van der Waals surface area contributed by atoms with Crippen LogP contribution in [-0.2, 0) is 6.18 Å².